The molecular weight excluding hydrogens is 128 g/mol. The van der Waals surface area contributed by atoms with Gasteiger partial charge in [0.1, 0.15) is 12.7 Å². The van der Waals surface area contributed by atoms with E-state index in [4.69, 9.17) is 5.73 Å². The zero-order valence-corrected chi connectivity index (χ0v) is 6.25. The zero-order valence-electron chi connectivity index (χ0n) is 6.25. The molecule has 0 saturated carbocycles. The molecule has 58 valence electrons. The first-order valence-corrected chi connectivity index (χ1v) is 3.40. The molecule has 0 radical (unpaired) electrons. The second-order valence-electron chi connectivity index (χ2n) is 1.79. The van der Waals surface area contributed by atoms with Gasteiger partial charge in [-0.1, -0.05) is 13.3 Å². The molecule has 0 spiro atoms. The summed E-state index contributed by atoms with van der Waals surface area (Å²) in [6.07, 6.45) is 5.34. The number of nitrogens with two attached hydrogens (primary N) is 1. The summed E-state index contributed by atoms with van der Waals surface area (Å²) in [6.45, 7) is 2.98. The standard InChI is InChI=1S/C4H11N.C2H3N3/c1-2-3-4-5;1-3-2-5-4-1/h2-5H2,1H3;1-2H,(H,3,4,5). The van der Waals surface area contributed by atoms with Crippen molar-refractivity contribution in [3.63, 3.8) is 0 Å². The molecule has 0 fully saturated rings. The van der Waals surface area contributed by atoms with E-state index in [1.807, 2.05) is 0 Å². The normalized spacial score (nSPS) is 8.20. The minimum atomic E-state index is 0.844. The molecule has 0 saturated heterocycles. The van der Waals surface area contributed by atoms with Crippen molar-refractivity contribution < 1.29 is 0 Å². The average Bonchev–Trinajstić information content (AvgIpc) is 2.44. The first-order chi connectivity index (χ1) is 4.91. The molecule has 0 aliphatic carbocycles. The number of hydrogen-bond donors (Lipinski definition) is 2. The Morgan fingerprint density at radius 3 is 2.50 bits per heavy atom. The van der Waals surface area contributed by atoms with Crippen LogP contribution in [0.4, 0.5) is 0 Å². The van der Waals surface area contributed by atoms with Crippen LogP contribution in [-0.4, -0.2) is 21.7 Å². The topological polar surface area (TPSA) is 67.6 Å². The quantitative estimate of drug-likeness (QED) is 0.633. The van der Waals surface area contributed by atoms with Gasteiger partial charge in [-0.3, -0.25) is 5.10 Å². The van der Waals surface area contributed by atoms with Crippen LogP contribution in [0.2, 0.25) is 0 Å². The van der Waals surface area contributed by atoms with Gasteiger partial charge in [0.05, 0.1) is 0 Å². The fourth-order valence-corrected chi connectivity index (χ4v) is 0.371. The molecule has 1 aromatic rings. The van der Waals surface area contributed by atoms with Crippen LogP contribution in [0, 0.1) is 0 Å². The SMILES string of the molecule is CCCCN.c1nc[nH]n1. The maximum Gasteiger partial charge on any atom is 0.137 e. The number of aromatic amines is 1. The number of nitrogens with one attached hydrogen (secondary N) is 1. The molecule has 10 heavy (non-hydrogen) atoms. The highest BCUT2D eigenvalue weighted by Crippen LogP contribution is 1.77. The van der Waals surface area contributed by atoms with Gasteiger partial charge in [0, 0.05) is 0 Å². The fraction of sp³-hybridized carbons (Fsp3) is 0.667. The summed E-state index contributed by atoms with van der Waals surface area (Å²) >= 11 is 0. The smallest absolute Gasteiger partial charge is 0.137 e. The summed E-state index contributed by atoms with van der Waals surface area (Å²) in [7, 11) is 0. The second kappa shape index (κ2) is 8.10. The first kappa shape index (κ1) is 9.10. The molecule has 0 amide bonds. The van der Waals surface area contributed by atoms with E-state index in [-0.39, 0.29) is 0 Å². The maximum atomic E-state index is 5.14. The second-order valence-corrected chi connectivity index (χ2v) is 1.79. The largest absolute Gasteiger partial charge is 0.330 e. The number of unbranched alkanes of at least 4 members (excludes halogenated alkanes) is 1. The van der Waals surface area contributed by atoms with E-state index in [0.29, 0.717) is 0 Å². The zero-order chi connectivity index (χ0) is 7.66. The molecule has 1 heterocycles. The van der Waals surface area contributed by atoms with Crippen LogP contribution >= 0.6 is 0 Å². The molecule has 0 atom stereocenters. The van der Waals surface area contributed by atoms with E-state index in [1.165, 1.54) is 25.5 Å². The van der Waals surface area contributed by atoms with Crippen LogP contribution in [0.25, 0.3) is 0 Å². The number of nitrogens with zero attached hydrogens (tertiary/aromatic N) is 2. The van der Waals surface area contributed by atoms with E-state index in [9.17, 15) is 0 Å². The summed E-state index contributed by atoms with van der Waals surface area (Å²) in [5.74, 6) is 0. The van der Waals surface area contributed by atoms with Crippen molar-refractivity contribution >= 4 is 0 Å². The number of rotatable bonds is 2. The van der Waals surface area contributed by atoms with Crippen LogP contribution in [0.15, 0.2) is 12.7 Å². The van der Waals surface area contributed by atoms with Crippen molar-refractivity contribution in [2.24, 2.45) is 5.73 Å². The molecule has 0 aromatic carbocycles. The van der Waals surface area contributed by atoms with Crippen LogP contribution in [-0.2, 0) is 0 Å². The molecule has 0 bridgehead atoms. The van der Waals surface area contributed by atoms with E-state index in [1.54, 1.807) is 0 Å². The molecule has 0 aliphatic rings. The summed E-state index contributed by atoms with van der Waals surface area (Å²) in [6, 6.07) is 0. The van der Waals surface area contributed by atoms with Crippen molar-refractivity contribution in [1.82, 2.24) is 15.2 Å². The molecule has 1 rings (SSSR count). The Labute approximate surface area is 60.9 Å². The lowest BCUT2D eigenvalue weighted by atomic mass is 10.3. The monoisotopic (exact) mass is 142 g/mol. The highest BCUT2D eigenvalue weighted by atomic mass is 15.2. The van der Waals surface area contributed by atoms with Crippen molar-refractivity contribution in [3.05, 3.63) is 12.7 Å². The number of hydrogen-bond acceptors (Lipinski definition) is 3. The van der Waals surface area contributed by atoms with Gasteiger partial charge < -0.3 is 5.73 Å². The van der Waals surface area contributed by atoms with Gasteiger partial charge in [-0.25, -0.2) is 4.98 Å². The minimum absolute atomic E-state index is 0.844. The molecule has 0 aliphatic heterocycles. The Kier molecular flexibility index (Phi) is 7.37. The summed E-state index contributed by atoms with van der Waals surface area (Å²) in [4.78, 5) is 3.56. The lowest BCUT2D eigenvalue weighted by Crippen LogP contribution is -1.95. The van der Waals surface area contributed by atoms with Gasteiger partial charge in [0.2, 0.25) is 0 Å². The lowest BCUT2D eigenvalue weighted by Gasteiger charge is -1.80. The van der Waals surface area contributed by atoms with Gasteiger partial charge in [-0.05, 0) is 13.0 Å². The third kappa shape index (κ3) is 7.10. The molecule has 3 N–H and O–H groups in total. The highest BCUT2D eigenvalue weighted by molar-refractivity contribution is 4.43. The van der Waals surface area contributed by atoms with Crippen LogP contribution in [0.1, 0.15) is 19.8 Å². The lowest BCUT2D eigenvalue weighted by molar-refractivity contribution is 0.807. The van der Waals surface area contributed by atoms with Gasteiger partial charge in [0.15, 0.2) is 0 Å². The number of H-pyrrole nitrogens is 1. The third-order valence-electron chi connectivity index (χ3n) is 0.889. The van der Waals surface area contributed by atoms with Gasteiger partial charge in [-0.2, -0.15) is 5.10 Å². The molecule has 1 aromatic heterocycles. The summed E-state index contributed by atoms with van der Waals surface area (Å²) < 4.78 is 0. The van der Waals surface area contributed by atoms with Crippen LogP contribution in [0.3, 0.4) is 0 Å². The minimum Gasteiger partial charge on any atom is -0.330 e. The van der Waals surface area contributed by atoms with E-state index >= 15 is 0 Å². The van der Waals surface area contributed by atoms with Crippen LogP contribution < -0.4 is 5.73 Å². The average molecular weight is 142 g/mol. The Balaban J connectivity index is 0.000000162. The van der Waals surface area contributed by atoms with E-state index in [2.05, 4.69) is 22.1 Å². The molecule has 4 heteroatoms. The first-order valence-electron chi connectivity index (χ1n) is 3.40. The van der Waals surface area contributed by atoms with Crippen molar-refractivity contribution in [3.8, 4) is 0 Å². The highest BCUT2D eigenvalue weighted by Gasteiger charge is 1.67. The number of aromatic nitrogens is 3. The predicted molar refractivity (Wildman–Crippen MR) is 40.3 cm³/mol. The van der Waals surface area contributed by atoms with Crippen molar-refractivity contribution in [1.29, 1.82) is 0 Å². The third-order valence-corrected chi connectivity index (χ3v) is 0.889. The van der Waals surface area contributed by atoms with Crippen LogP contribution in [0.5, 0.6) is 0 Å². The fourth-order valence-electron chi connectivity index (χ4n) is 0.371. The summed E-state index contributed by atoms with van der Waals surface area (Å²) in [5, 5.41) is 5.99. The van der Waals surface area contributed by atoms with Gasteiger partial charge in [-0.15, -0.1) is 0 Å². The van der Waals surface area contributed by atoms with Crippen molar-refractivity contribution in [2.45, 2.75) is 19.8 Å². The molecule has 4 nitrogen and oxygen atoms in total. The summed E-state index contributed by atoms with van der Waals surface area (Å²) in [5.41, 5.74) is 5.14. The molecular formula is C6H14N4. The van der Waals surface area contributed by atoms with Gasteiger partial charge in [0.25, 0.3) is 0 Å². The Morgan fingerprint density at radius 1 is 1.60 bits per heavy atom. The van der Waals surface area contributed by atoms with E-state index < -0.39 is 0 Å². The Bertz CT molecular complexity index is 96.1. The Hall–Kier alpha value is -0.900. The van der Waals surface area contributed by atoms with Gasteiger partial charge >= 0.3 is 0 Å². The maximum absolute atomic E-state index is 5.14. The van der Waals surface area contributed by atoms with E-state index in [0.717, 1.165) is 6.54 Å². The Morgan fingerprint density at radius 2 is 2.40 bits per heavy atom. The molecule has 0 unspecified atom stereocenters. The predicted octanol–water partition coefficient (Wildman–Crippen LogP) is 0.550. The van der Waals surface area contributed by atoms with Crippen molar-refractivity contribution in [2.75, 3.05) is 6.54 Å².